The summed E-state index contributed by atoms with van der Waals surface area (Å²) in [6.45, 7) is 4.66. The molecule has 3 heteroatoms. The molecule has 0 aliphatic heterocycles. The van der Waals surface area contributed by atoms with Crippen molar-refractivity contribution in [2.45, 2.75) is 51.4 Å². The van der Waals surface area contributed by atoms with E-state index >= 15 is 0 Å². The maximum Gasteiger partial charge on any atom is -1.00 e. The van der Waals surface area contributed by atoms with Crippen LogP contribution in [0.5, 0.6) is 0 Å². The molecule has 0 nitrogen and oxygen atoms in total. The van der Waals surface area contributed by atoms with E-state index in [1.807, 2.05) is 0 Å². The summed E-state index contributed by atoms with van der Waals surface area (Å²) in [5.41, 5.74) is 6.15. The molecular formula is C24H26Cl2Zr. The van der Waals surface area contributed by atoms with Gasteiger partial charge in [-0.1, -0.05) is 0 Å². The van der Waals surface area contributed by atoms with Crippen LogP contribution in [-0.2, 0) is 23.2 Å². The molecule has 140 valence electrons. The monoisotopic (exact) mass is 474 g/mol. The van der Waals surface area contributed by atoms with Gasteiger partial charge in [0.1, 0.15) is 0 Å². The number of fused-ring (bicyclic) bond motifs is 2. The molecule has 2 aromatic rings. The topological polar surface area (TPSA) is 0 Å². The summed E-state index contributed by atoms with van der Waals surface area (Å²) in [5, 5.41) is 0. The molecule has 0 radical (unpaired) electrons. The van der Waals surface area contributed by atoms with Gasteiger partial charge in [-0.2, -0.15) is 0 Å². The minimum absolute atomic E-state index is 0. The van der Waals surface area contributed by atoms with Crippen LogP contribution in [0.4, 0.5) is 0 Å². The Morgan fingerprint density at radius 2 is 1.07 bits per heavy atom. The average molecular weight is 477 g/mol. The zero-order valence-electron chi connectivity index (χ0n) is 16.0. The van der Waals surface area contributed by atoms with Crippen molar-refractivity contribution in [1.82, 2.24) is 0 Å². The fourth-order valence-electron chi connectivity index (χ4n) is 4.40. The summed E-state index contributed by atoms with van der Waals surface area (Å²) in [6.07, 6.45) is 10.3. The fraction of sp³-hybridized carbons (Fsp3) is 0.333. The van der Waals surface area contributed by atoms with Crippen LogP contribution in [0.2, 0.25) is 0 Å². The third-order valence-electron chi connectivity index (χ3n) is 5.56. The van der Waals surface area contributed by atoms with Gasteiger partial charge in [-0.3, -0.25) is 0 Å². The van der Waals surface area contributed by atoms with Gasteiger partial charge in [0.25, 0.3) is 0 Å². The summed E-state index contributed by atoms with van der Waals surface area (Å²) in [6, 6.07) is 18.2. The van der Waals surface area contributed by atoms with Gasteiger partial charge in [-0.15, -0.1) is 0 Å². The molecule has 0 amide bonds. The second-order valence-corrected chi connectivity index (χ2v) is 10.7. The Hall–Kier alpha value is -0.617. The van der Waals surface area contributed by atoms with E-state index in [1.165, 1.54) is 36.8 Å². The van der Waals surface area contributed by atoms with Crippen molar-refractivity contribution in [1.29, 1.82) is 0 Å². The number of benzene rings is 2. The van der Waals surface area contributed by atoms with Crippen LogP contribution < -0.4 is 24.8 Å². The van der Waals surface area contributed by atoms with Crippen LogP contribution >= 0.6 is 0 Å². The van der Waals surface area contributed by atoms with Gasteiger partial charge in [0.15, 0.2) is 0 Å². The van der Waals surface area contributed by atoms with Gasteiger partial charge in [-0.05, 0) is 0 Å². The van der Waals surface area contributed by atoms with Gasteiger partial charge in [0.05, 0.1) is 0 Å². The normalized spacial score (nSPS) is 19.0. The van der Waals surface area contributed by atoms with E-state index in [0.29, 0.717) is 11.8 Å². The molecule has 2 atom stereocenters. The molecule has 0 aromatic heterocycles. The van der Waals surface area contributed by atoms with Crippen LogP contribution in [-0.4, -0.2) is 0 Å². The van der Waals surface area contributed by atoms with Crippen LogP contribution in [0.3, 0.4) is 0 Å². The Balaban J connectivity index is 0.00000131. The van der Waals surface area contributed by atoms with Crippen molar-refractivity contribution in [3.8, 4) is 0 Å². The molecule has 27 heavy (non-hydrogen) atoms. The number of halogens is 2. The zero-order valence-corrected chi connectivity index (χ0v) is 20.0. The third kappa shape index (κ3) is 4.52. The SMILES string of the molecule is CCCC1[C]([Zr+2][C]2=Cc3ccccc3C2CCC)=Cc2ccccc21.[Cl-].[Cl-]. The second kappa shape index (κ2) is 10.2. The first-order valence-corrected chi connectivity index (χ1v) is 12.2. The number of rotatable bonds is 6. The first kappa shape index (κ1) is 22.7. The smallest absolute Gasteiger partial charge is 1.00 e. The minimum Gasteiger partial charge on any atom is -1.00 e. The molecular weight excluding hydrogens is 450 g/mol. The maximum absolute atomic E-state index is 2.55. The molecule has 2 unspecified atom stereocenters. The van der Waals surface area contributed by atoms with Crippen molar-refractivity contribution in [2.75, 3.05) is 0 Å². The molecule has 0 bridgehead atoms. The Morgan fingerprint density at radius 1 is 0.667 bits per heavy atom. The minimum atomic E-state index is -0.716. The maximum atomic E-state index is 2.55. The van der Waals surface area contributed by atoms with Crippen molar-refractivity contribution < 1.29 is 48.0 Å². The molecule has 0 saturated carbocycles. The van der Waals surface area contributed by atoms with Gasteiger partial charge in [0.2, 0.25) is 0 Å². The van der Waals surface area contributed by atoms with E-state index in [1.54, 1.807) is 17.7 Å². The summed E-state index contributed by atoms with van der Waals surface area (Å²) in [4.78, 5) is 0. The Morgan fingerprint density at radius 3 is 1.48 bits per heavy atom. The molecule has 0 N–H and O–H groups in total. The van der Waals surface area contributed by atoms with E-state index < -0.39 is 23.2 Å². The molecule has 2 aliphatic carbocycles. The molecule has 0 spiro atoms. The molecule has 0 saturated heterocycles. The molecule has 2 aliphatic rings. The van der Waals surface area contributed by atoms with Crippen molar-refractivity contribution >= 4 is 12.2 Å². The van der Waals surface area contributed by atoms with Crippen molar-refractivity contribution in [3.63, 3.8) is 0 Å². The zero-order chi connectivity index (χ0) is 17.2. The van der Waals surface area contributed by atoms with Crippen LogP contribution in [0.15, 0.2) is 55.1 Å². The van der Waals surface area contributed by atoms with E-state index in [-0.39, 0.29) is 24.8 Å². The summed E-state index contributed by atoms with van der Waals surface area (Å²) >= 11 is -0.716. The fourth-order valence-corrected chi connectivity index (χ4v) is 8.67. The third-order valence-corrected chi connectivity index (χ3v) is 9.40. The largest absolute Gasteiger partial charge is 1.00 e. The predicted molar refractivity (Wildman–Crippen MR) is 104 cm³/mol. The summed E-state index contributed by atoms with van der Waals surface area (Å²) in [7, 11) is 0. The standard InChI is InChI=1S/2C12H13.2ClH.Zr/c2*1-2-5-10-8-9-11-6-3-4-7-12(10)11;;;/h2*3-4,6-7,9-10H,2,5H2,1H3;2*1H;/q;;;;+2/p-2. The number of allylic oxidation sites excluding steroid dienone is 2. The van der Waals surface area contributed by atoms with Crippen LogP contribution in [0, 0.1) is 0 Å². The first-order valence-electron chi connectivity index (χ1n) is 9.69. The first-order chi connectivity index (χ1) is 12.3. The van der Waals surface area contributed by atoms with Crippen LogP contribution in [0.25, 0.3) is 12.2 Å². The van der Waals surface area contributed by atoms with E-state index in [4.69, 9.17) is 0 Å². The molecule has 0 heterocycles. The molecule has 0 fully saturated rings. The predicted octanol–water partition coefficient (Wildman–Crippen LogP) is 0.954. The van der Waals surface area contributed by atoms with E-state index in [9.17, 15) is 0 Å². The van der Waals surface area contributed by atoms with Crippen LogP contribution in [0.1, 0.15) is 73.6 Å². The quantitative estimate of drug-likeness (QED) is 0.583. The number of hydrogen-bond donors (Lipinski definition) is 0. The van der Waals surface area contributed by atoms with Gasteiger partial charge < -0.3 is 24.8 Å². The summed E-state index contributed by atoms with van der Waals surface area (Å²) < 4.78 is 3.60. The molecule has 2 aromatic carbocycles. The Labute approximate surface area is 187 Å². The number of hydrogen-bond acceptors (Lipinski definition) is 0. The van der Waals surface area contributed by atoms with Gasteiger partial charge >= 0.3 is 164 Å². The second-order valence-electron chi connectivity index (χ2n) is 7.26. The Bertz CT molecular complexity index is 768. The van der Waals surface area contributed by atoms with Gasteiger partial charge in [-0.25, -0.2) is 0 Å². The summed E-state index contributed by atoms with van der Waals surface area (Å²) in [5.74, 6) is 1.39. The van der Waals surface area contributed by atoms with E-state index in [2.05, 4.69) is 74.5 Å². The van der Waals surface area contributed by atoms with Gasteiger partial charge in [0, 0.05) is 0 Å². The Kier molecular flexibility index (Phi) is 8.60. The average Bonchev–Trinajstić information content (AvgIpc) is 3.15. The molecule has 4 rings (SSSR count). The van der Waals surface area contributed by atoms with E-state index in [0.717, 1.165) is 0 Å². The van der Waals surface area contributed by atoms with Crippen molar-refractivity contribution in [2.24, 2.45) is 0 Å². The van der Waals surface area contributed by atoms with Crippen molar-refractivity contribution in [3.05, 3.63) is 77.3 Å².